The topological polar surface area (TPSA) is 32.3 Å². The number of amides is 1. The van der Waals surface area contributed by atoms with Crippen molar-refractivity contribution >= 4 is 17.3 Å². The number of rotatable bonds is 3. The summed E-state index contributed by atoms with van der Waals surface area (Å²) in [6, 6.07) is 14.4. The smallest absolute Gasteiger partial charge is 0.246 e. The number of nitrogens with one attached hydrogen (secondary N) is 1. The van der Waals surface area contributed by atoms with Crippen molar-refractivity contribution in [3.05, 3.63) is 59.2 Å². The molecule has 0 aromatic heterocycles. The average Bonchev–Trinajstić information content (AvgIpc) is 2.53. The summed E-state index contributed by atoms with van der Waals surface area (Å²) >= 11 is 0. The van der Waals surface area contributed by atoms with E-state index in [1.165, 1.54) is 16.7 Å². The van der Waals surface area contributed by atoms with Crippen LogP contribution in [0.4, 0.5) is 11.4 Å². The van der Waals surface area contributed by atoms with Crippen LogP contribution in [-0.4, -0.2) is 19.0 Å². The second-order valence-electron chi connectivity index (χ2n) is 5.90. The van der Waals surface area contributed by atoms with Gasteiger partial charge in [-0.3, -0.25) is 4.79 Å². The van der Waals surface area contributed by atoms with Crippen LogP contribution in [0.15, 0.2) is 42.5 Å². The molecule has 22 heavy (non-hydrogen) atoms. The van der Waals surface area contributed by atoms with Crippen molar-refractivity contribution in [1.29, 1.82) is 0 Å². The van der Waals surface area contributed by atoms with Gasteiger partial charge in [-0.1, -0.05) is 36.4 Å². The number of benzene rings is 2. The minimum Gasteiger partial charge on any atom is -0.376 e. The zero-order valence-electron chi connectivity index (χ0n) is 13.2. The summed E-state index contributed by atoms with van der Waals surface area (Å²) in [4.78, 5) is 14.5. The Labute approximate surface area is 132 Å². The number of hydrogen-bond donors (Lipinski definition) is 1. The molecule has 0 fully saturated rings. The van der Waals surface area contributed by atoms with Crippen LogP contribution in [0.25, 0.3) is 0 Å². The van der Waals surface area contributed by atoms with Crippen LogP contribution in [0, 0.1) is 13.8 Å². The zero-order chi connectivity index (χ0) is 15.5. The average molecular weight is 294 g/mol. The van der Waals surface area contributed by atoms with E-state index in [1.807, 2.05) is 29.2 Å². The van der Waals surface area contributed by atoms with Crippen LogP contribution in [0.1, 0.15) is 23.1 Å². The summed E-state index contributed by atoms with van der Waals surface area (Å²) in [6.07, 6.45) is 2.09. The van der Waals surface area contributed by atoms with Gasteiger partial charge in [0.2, 0.25) is 5.91 Å². The molecule has 0 saturated heterocycles. The third kappa shape index (κ3) is 2.84. The van der Waals surface area contributed by atoms with Crippen molar-refractivity contribution in [3.8, 4) is 0 Å². The second-order valence-corrected chi connectivity index (χ2v) is 5.90. The largest absolute Gasteiger partial charge is 0.376 e. The molecule has 3 nitrogen and oxygen atoms in total. The van der Waals surface area contributed by atoms with Gasteiger partial charge in [-0.2, -0.15) is 0 Å². The first-order valence-electron chi connectivity index (χ1n) is 7.85. The molecule has 2 aromatic carbocycles. The lowest BCUT2D eigenvalue weighted by Gasteiger charge is -2.29. The Bertz CT molecular complexity index is 673. The molecule has 114 valence electrons. The molecule has 0 unspecified atom stereocenters. The number of carbonyl (C=O) groups is 1. The number of nitrogens with zero attached hydrogens (tertiary/aromatic N) is 1. The highest BCUT2D eigenvalue weighted by Gasteiger charge is 2.21. The molecule has 0 spiro atoms. The third-order valence-electron chi connectivity index (χ3n) is 4.31. The summed E-state index contributed by atoms with van der Waals surface area (Å²) < 4.78 is 0. The molecule has 1 N–H and O–H groups in total. The first kappa shape index (κ1) is 14.6. The number of para-hydroxylation sites is 2. The van der Waals surface area contributed by atoms with E-state index < -0.39 is 0 Å². The predicted molar refractivity (Wildman–Crippen MR) is 91.5 cm³/mol. The van der Waals surface area contributed by atoms with Gasteiger partial charge in [0, 0.05) is 17.9 Å². The SMILES string of the molecule is Cc1cccc(C)c1NCC(=O)N1CCCc2ccccc21. The Hall–Kier alpha value is -2.29. The van der Waals surface area contributed by atoms with E-state index in [-0.39, 0.29) is 5.91 Å². The van der Waals surface area contributed by atoms with Crippen molar-refractivity contribution in [3.63, 3.8) is 0 Å². The number of hydrogen-bond acceptors (Lipinski definition) is 2. The maximum absolute atomic E-state index is 12.6. The second kappa shape index (κ2) is 6.22. The molecule has 0 bridgehead atoms. The van der Waals surface area contributed by atoms with E-state index in [2.05, 4.69) is 37.4 Å². The van der Waals surface area contributed by atoms with Crippen LogP contribution in [-0.2, 0) is 11.2 Å². The van der Waals surface area contributed by atoms with Crippen molar-refractivity contribution < 1.29 is 4.79 Å². The maximum Gasteiger partial charge on any atom is 0.246 e. The molecular formula is C19H22N2O. The normalized spacial score (nSPS) is 13.6. The van der Waals surface area contributed by atoms with Crippen molar-refractivity contribution in [2.75, 3.05) is 23.3 Å². The number of carbonyl (C=O) groups excluding carboxylic acids is 1. The Morgan fingerprint density at radius 1 is 1.09 bits per heavy atom. The van der Waals surface area contributed by atoms with Gasteiger partial charge < -0.3 is 10.2 Å². The lowest BCUT2D eigenvalue weighted by atomic mass is 10.0. The minimum atomic E-state index is 0.134. The van der Waals surface area contributed by atoms with E-state index in [9.17, 15) is 4.79 Å². The molecule has 1 amide bonds. The highest BCUT2D eigenvalue weighted by atomic mass is 16.2. The Kier molecular flexibility index (Phi) is 4.14. The van der Waals surface area contributed by atoms with Crippen LogP contribution < -0.4 is 10.2 Å². The molecule has 0 atom stereocenters. The first-order valence-corrected chi connectivity index (χ1v) is 7.85. The number of anilines is 2. The summed E-state index contributed by atoms with van der Waals surface area (Å²) in [5.74, 6) is 0.134. The van der Waals surface area contributed by atoms with Crippen molar-refractivity contribution in [2.45, 2.75) is 26.7 Å². The van der Waals surface area contributed by atoms with Gasteiger partial charge in [0.15, 0.2) is 0 Å². The first-order chi connectivity index (χ1) is 10.7. The van der Waals surface area contributed by atoms with E-state index in [0.717, 1.165) is 30.8 Å². The molecule has 0 aliphatic carbocycles. The molecule has 3 heteroatoms. The molecule has 1 heterocycles. The Balaban J connectivity index is 1.74. The fourth-order valence-electron chi connectivity index (χ4n) is 3.15. The number of fused-ring (bicyclic) bond motifs is 1. The van der Waals surface area contributed by atoms with E-state index in [4.69, 9.17) is 0 Å². The number of aryl methyl sites for hydroxylation is 3. The van der Waals surface area contributed by atoms with Gasteiger partial charge in [-0.05, 0) is 49.4 Å². The summed E-state index contributed by atoms with van der Waals surface area (Å²) in [6.45, 7) is 5.27. The Morgan fingerprint density at radius 2 is 1.82 bits per heavy atom. The van der Waals surface area contributed by atoms with E-state index in [1.54, 1.807) is 0 Å². The molecule has 1 aliphatic heterocycles. The fraction of sp³-hybridized carbons (Fsp3) is 0.316. The molecule has 2 aromatic rings. The molecule has 0 radical (unpaired) electrons. The third-order valence-corrected chi connectivity index (χ3v) is 4.31. The van der Waals surface area contributed by atoms with E-state index >= 15 is 0 Å². The minimum absolute atomic E-state index is 0.134. The van der Waals surface area contributed by atoms with Gasteiger partial charge >= 0.3 is 0 Å². The highest BCUT2D eigenvalue weighted by Crippen LogP contribution is 2.27. The monoisotopic (exact) mass is 294 g/mol. The standard InChI is InChI=1S/C19H22N2O/c1-14-7-5-8-15(2)19(14)20-13-18(22)21-12-6-10-16-9-3-4-11-17(16)21/h3-5,7-9,11,20H,6,10,12-13H2,1-2H3. The summed E-state index contributed by atoms with van der Waals surface area (Å²) in [5, 5.41) is 3.32. The lowest BCUT2D eigenvalue weighted by molar-refractivity contribution is -0.117. The quantitative estimate of drug-likeness (QED) is 0.936. The van der Waals surface area contributed by atoms with E-state index in [0.29, 0.717) is 6.54 Å². The molecule has 0 saturated carbocycles. The van der Waals surface area contributed by atoms with Crippen LogP contribution in [0.3, 0.4) is 0 Å². The van der Waals surface area contributed by atoms with Crippen molar-refractivity contribution in [1.82, 2.24) is 0 Å². The lowest BCUT2D eigenvalue weighted by Crippen LogP contribution is -2.39. The fourth-order valence-corrected chi connectivity index (χ4v) is 3.15. The van der Waals surface area contributed by atoms with Gasteiger partial charge in [0.25, 0.3) is 0 Å². The van der Waals surface area contributed by atoms with Crippen LogP contribution >= 0.6 is 0 Å². The van der Waals surface area contributed by atoms with Gasteiger partial charge in [0.05, 0.1) is 6.54 Å². The summed E-state index contributed by atoms with van der Waals surface area (Å²) in [7, 11) is 0. The van der Waals surface area contributed by atoms with Crippen molar-refractivity contribution in [2.24, 2.45) is 0 Å². The zero-order valence-corrected chi connectivity index (χ0v) is 13.2. The molecule has 1 aliphatic rings. The maximum atomic E-state index is 12.6. The van der Waals surface area contributed by atoms with Gasteiger partial charge in [0.1, 0.15) is 0 Å². The predicted octanol–water partition coefficient (Wildman–Crippen LogP) is 3.69. The van der Waals surface area contributed by atoms with Crippen LogP contribution in [0.2, 0.25) is 0 Å². The molecular weight excluding hydrogens is 272 g/mol. The molecule has 3 rings (SSSR count). The summed E-state index contributed by atoms with van der Waals surface area (Å²) in [5.41, 5.74) is 5.76. The van der Waals surface area contributed by atoms with Gasteiger partial charge in [-0.25, -0.2) is 0 Å². The van der Waals surface area contributed by atoms with Gasteiger partial charge in [-0.15, -0.1) is 0 Å². The Morgan fingerprint density at radius 3 is 2.59 bits per heavy atom. The highest BCUT2D eigenvalue weighted by molar-refractivity contribution is 5.97. The van der Waals surface area contributed by atoms with Crippen LogP contribution in [0.5, 0.6) is 0 Å².